The minimum absolute atomic E-state index is 0.00571. The van der Waals surface area contributed by atoms with Crippen molar-refractivity contribution in [2.75, 3.05) is 23.1 Å². The Bertz CT molecular complexity index is 1390. The minimum Gasteiger partial charge on any atom is -0.334 e. The summed E-state index contributed by atoms with van der Waals surface area (Å²) in [7, 11) is -7.51. The molecule has 1 aliphatic rings. The molecule has 0 unspecified atom stereocenters. The van der Waals surface area contributed by atoms with Crippen molar-refractivity contribution >= 4 is 37.5 Å². The largest absolute Gasteiger partial charge is 0.334 e. The van der Waals surface area contributed by atoms with Crippen LogP contribution in [0.5, 0.6) is 0 Å². The Morgan fingerprint density at radius 2 is 1.47 bits per heavy atom. The maximum Gasteiger partial charge on any atom is 0.319 e. The van der Waals surface area contributed by atoms with Crippen LogP contribution in [0.4, 0.5) is 16.2 Å². The van der Waals surface area contributed by atoms with E-state index < -0.39 is 26.1 Å². The number of benzene rings is 2. The highest BCUT2D eigenvalue weighted by atomic mass is 32.2. The van der Waals surface area contributed by atoms with Crippen LogP contribution >= 0.6 is 0 Å². The summed E-state index contributed by atoms with van der Waals surface area (Å²) < 4.78 is 55.0. The van der Waals surface area contributed by atoms with Gasteiger partial charge in [0, 0.05) is 43.4 Å². The number of nitrogens with one attached hydrogen (secondary N) is 3. The molecule has 1 fully saturated rings. The zero-order valence-electron chi connectivity index (χ0n) is 19.4. The lowest BCUT2D eigenvalue weighted by atomic mass is 10.2. The zero-order chi connectivity index (χ0) is 25.6. The van der Waals surface area contributed by atoms with Gasteiger partial charge in [-0.25, -0.2) is 21.6 Å². The first kappa shape index (κ1) is 25.6. The van der Waals surface area contributed by atoms with Gasteiger partial charge in [-0.3, -0.25) is 9.71 Å². The van der Waals surface area contributed by atoms with E-state index in [4.69, 9.17) is 0 Å². The molecule has 1 aromatic heterocycles. The number of nitrogens with zero attached hydrogens (tertiary/aromatic N) is 2. The number of rotatable bonds is 8. The van der Waals surface area contributed by atoms with E-state index in [9.17, 15) is 21.6 Å². The number of amides is 2. The lowest BCUT2D eigenvalue weighted by Gasteiger charge is -2.25. The molecule has 0 aliphatic carbocycles. The summed E-state index contributed by atoms with van der Waals surface area (Å²) in [5.41, 5.74) is 1.51. The number of piperidine rings is 1. The van der Waals surface area contributed by atoms with Crippen molar-refractivity contribution in [3.8, 4) is 0 Å². The molecular formula is C24H27N5O5S2. The fourth-order valence-corrected chi connectivity index (χ4v) is 6.32. The maximum atomic E-state index is 12.8. The van der Waals surface area contributed by atoms with Crippen LogP contribution in [0.2, 0.25) is 0 Å². The Kier molecular flexibility index (Phi) is 7.87. The van der Waals surface area contributed by atoms with Gasteiger partial charge in [-0.05, 0) is 73.0 Å². The molecule has 4 rings (SSSR count). The number of carbonyl (C=O) groups excluding carboxylic acids is 1. The molecule has 0 spiro atoms. The Hall–Kier alpha value is -3.48. The van der Waals surface area contributed by atoms with Crippen molar-refractivity contribution in [1.29, 1.82) is 0 Å². The average molecular weight is 530 g/mol. The van der Waals surface area contributed by atoms with Gasteiger partial charge in [-0.1, -0.05) is 12.5 Å². The highest BCUT2D eigenvalue weighted by Gasteiger charge is 2.26. The number of urea groups is 1. The van der Waals surface area contributed by atoms with E-state index in [-0.39, 0.29) is 15.5 Å². The van der Waals surface area contributed by atoms with Gasteiger partial charge >= 0.3 is 6.03 Å². The highest BCUT2D eigenvalue weighted by molar-refractivity contribution is 7.92. The molecule has 2 aromatic carbocycles. The molecule has 3 aromatic rings. The molecule has 190 valence electrons. The first-order valence-electron chi connectivity index (χ1n) is 11.4. The Morgan fingerprint density at radius 1 is 0.833 bits per heavy atom. The average Bonchev–Trinajstić information content (AvgIpc) is 2.89. The molecule has 1 saturated heterocycles. The summed E-state index contributed by atoms with van der Waals surface area (Å²) in [5.74, 6) is 0. The second kappa shape index (κ2) is 11.1. The van der Waals surface area contributed by atoms with Gasteiger partial charge in [-0.2, -0.15) is 4.31 Å². The van der Waals surface area contributed by atoms with E-state index in [1.807, 2.05) is 6.07 Å². The summed E-state index contributed by atoms with van der Waals surface area (Å²) in [4.78, 5) is 16.2. The molecule has 2 amide bonds. The number of pyridine rings is 1. The van der Waals surface area contributed by atoms with Gasteiger partial charge in [0.2, 0.25) is 10.0 Å². The van der Waals surface area contributed by atoms with Crippen LogP contribution in [-0.4, -0.2) is 45.2 Å². The molecule has 0 atom stereocenters. The lowest BCUT2D eigenvalue weighted by Crippen LogP contribution is -2.35. The van der Waals surface area contributed by atoms with E-state index >= 15 is 0 Å². The Morgan fingerprint density at radius 3 is 2.11 bits per heavy atom. The number of hydrogen-bond acceptors (Lipinski definition) is 6. The Labute approximate surface area is 210 Å². The third-order valence-corrected chi connectivity index (χ3v) is 8.97. The van der Waals surface area contributed by atoms with Crippen molar-refractivity contribution in [3.05, 3.63) is 78.6 Å². The van der Waals surface area contributed by atoms with E-state index in [1.165, 1.54) is 52.8 Å². The molecule has 2 heterocycles. The van der Waals surface area contributed by atoms with Crippen LogP contribution in [0.1, 0.15) is 24.8 Å². The molecule has 0 bridgehead atoms. The number of aromatic nitrogens is 1. The zero-order valence-corrected chi connectivity index (χ0v) is 21.1. The topological polar surface area (TPSA) is 138 Å². The van der Waals surface area contributed by atoms with Crippen LogP contribution in [0.25, 0.3) is 0 Å². The quantitative estimate of drug-likeness (QED) is 0.409. The fraction of sp³-hybridized carbons (Fsp3) is 0.250. The molecule has 36 heavy (non-hydrogen) atoms. The minimum atomic E-state index is -3.92. The standard InChI is InChI=1S/C24H27N5O5S2/c30-24(26-18-19-5-4-14-25-17-19)27-20-6-10-22(11-7-20)35(31,32)28-21-8-12-23(13-9-21)36(33,34)29-15-2-1-3-16-29/h4-14,17,28H,1-3,15-16,18H2,(H2,26,27,30). The number of anilines is 2. The number of carbonyl (C=O) groups is 1. The van der Waals surface area contributed by atoms with Gasteiger partial charge in [-0.15, -0.1) is 0 Å². The monoisotopic (exact) mass is 529 g/mol. The molecular weight excluding hydrogens is 502 g/mol. The van der Waals surface area contributed by atoms with Crippen LogP contribution in [0, 0.1) is 0 Å². The van der Waals surface area contributed by atoms with Gasteiger partial charge in [0.15, 0.2) is 0 Å². The van der Waals surface area contributed by atoms with Crippen molar-refractivity contribution in [3.63, 3.8) is 0 Å². The van der Waals surface area contributed by atoms with Crippen LogP contribution in [0.15, 0.2) is 82.8 Å². The SMILES string of the molecule is O=C(NCc1cccnc1)Nc1ccc(S(=O)(=O)Nc2ccc(S(=O)(=O)N3CCCCC3)cc2)cc1. The molecule has 0 saturated carbocycles. The van der Waals surface area contributed by atoms with Crippen LogP contribution in [0.3, 0.4) is 0 Å². The van der Waals surface area contributed by atoms with Crippen LogP contribution < -0.4 is 15.4 Å². The Balaban J connectivity index is 1.35. The van der Waals surface area contributed by atoms with E-state index in [0.29, 0.717) is 25.3 Å². The molecule has 1 aliphatic heterocycles. The first-order valence-corrected chi connectivity index (χ1v) is 14.3. The maximum absolute atomic E-state index is 12.8. The van der Waals surface area contributed by atoms with Gasteiger partial charge in [0.25, 0.3) is 10.0 Å². The third kappa shape index (κ3) is 6.39. The molecule has 12 heteroatoms. The second-order valence-corrected chi connectivity index (χ2v) is 11.9. The first-order chi connectivity index (χ1) is 17.2. The van der Waals surface area contributed by atoms with Gasteiger partial charge in [0.05, 0.1) is 9.79 Å². The predicted octanol–water partition coefficient (Wildman–Crippen LogP) is 3.38. The highest BCUT2D eigenvalue weighted by Crippen LogP contribution is 2.23. The normalized spacial score (nSPS) is 14.7. The lowest BCUT2D eigenvalue weighted by molar-refractivity contribution is 0.251. The van der Waals surface area contributed by atoms with Crippen molar-refractivity contribution < 1.29 is 21.6 Å². The van der Waals surface area contributed by atoms with E-state index in [0.717, 1.165) is 24.8 Å². The van der Waals surface area contributed by atoms with Gasteiger partial charge in [0.1, 0.15) is 0 Å². The predicted molar refractivity (Wildman–Crippen MR) is 136 cm³/mol. The van der Waals surface area contributed by atoms with E-state index in [1.54, 1.807) is 18.5 Å². The molecule has 3 N–H and O–H groups in total. The summed E-state index contributed by atoms with van der Waals surface area (Å²) in [5, 5.41) is 5.34. The summed E-state index contributed by atoms with van der Waals surface area (Å²) in [6, 6.07) is 14.5. The summed E-state index contributed by atoms with van der Waals surface area (Å²) in [6.07, 6.45) is 5.98. The van der Waals surface area contributed by atoms with Crippen molar-refractivity contribution in [2.24, 2.45) is 0 Å². The fourth-order valence-electron chi connectivity index (χ4n) is 3.74. The van der Waals surface area contributed by atoms with Gasteiger partial charge < -0.3 is 10.6 Å². The number of sulfonamides is 2. The molecule has 10 nitrogen and oxygen atoms in total. The van der Waals surface area contributed by atoms with Crippen molar-refractivity contribution in [2.45, 2.75) is 35.6 Å². The summed E-state index contributed by atoms with van der Waals surface area (Å²) in [6.45, 7) is 1.29. The molecule has 0 radical (unpaired) electrons. The van der Waals surface area contributed by atoms with Crippen molar-refractivity contribution in [1.82, 2.24) is 14.6 Å². The van der Waals surface area contributed by atoms with Crippen LogP contribution in [-0.2, 0) is 26.6 Å². The van der Waals surface area contributed by atoms with E-state index in [2.05, 4.69) is 20.3 Å². The second-order valence-electron chi connectivity index (χ2n) is 8.29. The summed E-state index contributed by atoms with van der Waals surface area (Å²) >= 11 is 0. The number of hydrogen-bond donors (Lipinski definition) is 3. The smallest absolute Gasteiger partial charge is 0.319 e. The third-order valence-electron chi connectivity index (χ3n) is 5.66.